The lowest BCUT2D eigenvalue weighted by molar-refractivity contribution is -0.122. The van der Waals surface area contributed by atoms with Gasteiger partial charge in [0.1, 0.15) is 0 Å². The second kappa shape index (κ2) is 2.92. The number of hydrogen-bond donors (Lipinski definition) is 1. The molecule has 2 nitrogen and oxygen atoms in total. The monoisotopic (exact) mass is 165 g/mol. The molecule has 0 saturated carbocycles. The van der Waals surface area contributed by atoms with Crippen LogP contribution in [-0.4, -0.2) is 12.5 Å². The SMILES string of the molecule is CCC1=CCC2C(=O)NCC2C1. The lowest BCUT2D eigenvalue weighted by Crippen LogP contribution is -2.21. The summed E-state index contributed by atoms with van der Waals surface area (Å²) in [6.07, 6.45) is 5.52. The van der Waals surface area contributed by atoms with Crippen molar-refractivity contribution in [3.8, 4) is 0 Å². The zero-order valence-corrected chi connectivity index (χ0v) is 7.47. The standard InChI is InChI=1S/C10H15NO/c1-2-7-3-4-9-8(5-7)6-11-10(9)12/h3,8-9H,2,4-6H2,1H3,(H,11,12). The van der Waals surface area contributed by atoms with Crippen molar-refractivity contribution in [1.82, 2.24) is 5.32 Å². The summed E-state index contributed by atoms with van der Waals surface area (Å²) in [7, 11) is 0. The first kappa shape index (κ1) is 7.84. The molecule has 0 spiro atoms. The summed E-state index contributed by atoms with van der Waals surface area (Å²) in [5.41, 5.74) is 1.53. The quantitative estimate of drug-likeness (QED) is 0.586. The van der Waals surface area contributed by atoms with Crippen LogP contribution in [0.15, 0.2) is 11.6 Å². The van der Waals surface area contributed by atoms with Gasteiger partial charge in [0.25, 0.3) is 0 Å². The van der Waals surface area contributed by atoms with Gasteiger partial charge >= 0.3 is 0 Å². The first-order valence-electron chi connectivity index (χ1n) is 4.77. The van der Waals surface area contributed by atoms with Crippen LogP contribution in [0, 0.1) is 11.8 Å². The molecular weight excluding hydrogens is 150 g/mol. The molecule has 0 bridgehead atoms. The number of allylic oxidation sites excluding steroid dienone is 2. The maximum Gasteiger partial charge on any atom is 0.223 e. The highest BCUT2D eigenvalue weighted by molar-refractivity contribution is 5.81. The van der Waals surface area contributed by atoms with Gasteiger partial charge in [0.2, 0.25) is 5.91 Å². The fourth-order valence-corrected chi connectivity index (χ4v) is 2.24. The van der Waals surface area contributed by atoms with Crippen LogP contribution in [0.2, 0.25) is 0 Å². The van der Waals surface area contributed by atoms with Gasteiger partial charge in [0.15, 0.2) is 0 Å². The summed E-state index contributed by atoms with van der Waals surface area (Å²) in [4.78, 5) is 11.3. The minimum Gasteiger partial charge on any atom is -0.356 e. The number of carbonyl (C=O) groups is 1. The second-order valence-corrected chi connectivity index (χ2v) is 3.77. The number of rotatable bonds is 1. The fraction of sp³-hybridized carbons (Fsp3) is 0.700. The number of carbonyl (C=O) groups excluding carboxylic acids is 1. The Morgan fingerprint density at radius 3 is 3.25 bits per heavy atom. The van der Waals surface area contributed by atoms with E-state index in [-0.39, 0.29) is 5.91 Å². The van der Waals surface area contributed by atoms with Gasteiger partial charge in [-0.25, -0.2) is 0 Å². The minimum atomic E-state index is 0.270. The molecule has 1 N–H and O–H groups in total. The smallest absolute Gasteiger partial charge is 0.223 e. The lowest BCUT2D eigenvalue weighted by atomic mass is 9.81. The third-order valence-corrected chi connectivity index (χ3v) is 3.08. The van der Waals surface area contributed by atoms with Crippen LogP contribution in [0.5, 0.6) is 0 Å². The van der Waals surface area contributed by atoms with Crippen LogP contribution >= 0.6 is 0 Å². The van der Waals surface area contributed by atoms with Gasteiger partial charge in [-0.15, -0.1) is 0 Å². The van der Waals surface area contributed by atoms with E-state index in [9.17, 15) is 4.79 Å². The van der Waals surface area contributed by atoms with E-state index in [4.69, 9.17) is 0 Å². The summed E-state index contributed by atoms with van der Waals surface area (Å²) in [6, 6.07) is 0. The van der Waals surface area contributed by atoms with Crippen molar-refractivity contribution in [3.63, 3.8) is 0 Å². The van der Waals surface area contributed by atoms with Crippen LogP contribution in [0.3, 0.4) is 0 Å². The van der Waals surface area contributed by atoms with Gasteiger partial charge < -0.3 is 5.32 Å². The summed E-state index contributed by atoms with van der Waals surface area (Å²) in [5.74, 6) is 1.16. The number of hydrogen-bond acceptors (Lipinski definition) is 1. The van der Waals surface area contributed by atoms with Crippen molar-refractivity contribution in [2.75, 3.05) is 6.54 Å². The van der Waals surface area contributed by atoms with Gasteiger partial charge in [0, 0.05) is 12.5 Å². The number of fused-ring (bicyclic) bond motifs is 1. The van der Waals surface area contributed by atoms with Crippen LogP contribution in [0.1, 0.15) is 26.2 Å². The molecule has 12 heavy (non-hydrogen) atoms. The van der Waals surface area contributed by atoms with E-state index in [2.05, 4.69) is 18.3 Å². The van der Waals surface area contributed by atoms with Crippen LogP contribution in [0.4, 0.5) is 0 Å². The molecule has 0 aromatic carbocycles. The Bertz CT molecular complexity index is 232. The lowest BCUT2D eigenvalue weighted by Gasteiger charge is -2.21. The van der Waals surface area contributed by atoms with Crippen molar-refractivity contribution in [3.05, 3.63) is 11.6 Å². The predicted molar refractivity (Wildman–Crippen MR) is 47.6 cm³/mol. The first-order valence-corrected chi connectivity index (χ1v) is 4.77. The van der Waals surface area contributed by atoms with E-state index in [0.29, 0.717) is 11.8 Å². The summed E-state index contributed by atoms with van der Waals surface area (Å²) >= 11 is 0. The Morgan fingerprint density at radius 1 is 1.67 bits per heavy atom. The molecule has 1 fully saturated rings. The molecule has 66 valence electrons. The van der Waals surface area contributed by atoms with Gasteiger partial charge in [-0.2, -0.15) is 0 Å². The second-order valence-electron chi connectivity index (χ2n) is 3.77. The molecular formula is C10H15NO. The largest absolute Gasteiger partial charge is 0.356 e. The zero-order chi connectivity index (χ0) is 8.55. The molecule has 2 aliphatic rings. The highest BCUT2D eigenvalue weighted by Crippen LogP contribution is 2.33. The van der Waals surface area contributed by atoms with Crippen LogP contribution < -0.4 is 5.32 Å². The van der Waals surface area contributed by atoms with Gasteiger partial charge in [0.05, 0.1) is 0 Å². The molecule has 1 saturated heterocycles. The Kier molecular flexibility index (Phi) is 1.91. The Balaban J connectivity index is 2.11. The first-order chi connectivity index (χ1) is 5.81. The molecule has 1 aliphatic carbocycles. The number of amides is 1. The van der Waals surface area contributed by atoms with E-state index in [1.54, 1.807) is 0 Å². The fourth-order valence-electron chi connectivity index (χ4n) is 2.24. The summed E-state index contributed by atoms with van der Waals surface area (Å²) in [6.45, 7) is 3.09. The molecule has 0 aromatic heterocycles. The molecule has 2 heteroatoms. The minimum absolute atomic E-state index is 0.270. The van der Waals surface area contributed by atoms with Crippen molar-refractivity contribution >= 4 is 5.91 Å². The summed E-state index contributed by atoms with van der Waals surface area (Å²) in [5, 5.41) is 2.93. The third-order valence-electron chi connectivity index (χ3n) is 3.08. The zero-order valence-electron chi connectivity index (χ0n) is 7.47. The van der Waals surface area contributed by atoms with E-state index < -0.39 is 0 Å². The molecule has 2 atom stereocenters. The van der Waals surface area contributed by atoms with E-state index >= 15 is 0 Å². The number of nitrogens with one attached hydrogen (secondary N) is 1. The van der Waals surface area contributed by atoms with Crippen molar-refractivity contribution < 1.29 is 4.79 Å². The maximum absolute atomic E-state index is 11.3. The van der Waals surface area contributed by atoms with E-state index in [0.717, 1.165) is 25.8 Å². The highest BCUT2D eigenvalue weighted by atomic mass is 16.2. The molecule has 2 rings (SSSR count). The molecule has 0 radical (unpaired) electrons. The van der Waals surface area contributed by atoms with Crippen LogP contribution in [0.25, 0.3) is 0 Å². The predicted octanol–water partition coefficient (Wildman–Crippen LogP) is 1.48. The van der Waals surface area contributed by atoms with Crippen molar-refractivity contribution in [2.45, 2.75) is 26.2 Å². The van der Waals surface area contributed by atoms with Gasteiger partial charge in [-0.1, -0.05) is 18.6 Å². The maximum atomic E-state index is 11.3. The Morgan fingerprint density at radius 2 is 2.50 bits per heavy atom. The molecule has 1 heterocycles. The normalized spacial score (nSPS) is 34.1. The molecule has 1 aliphatic heterocycles. The third kappa shape index (κ3) is 1.15. The average Bonchev–Trinajstić information content (AvgIpc) is 2.47. The highest BCUT2D eigenvalue weighted by Gasteiger charge is 2.35. The van der Waals surface area contributed by atoms with E-state index in [1.807, 2.05) is 0 Å². The van der Waals surface area contributed by atoms with E-state index in [1.165, 1.54) is 5.57 Å². The molecule has 1 amide bonds. The topological polar surface area (TPSA) is 29.1 Å². The average molecular weight is 165 g/mol. The molecule has 2 unspecified atom stereocenters. The van der Waals surface area contributed by atoms with Gasteiger partial charge in [-0.3, -0.25) is 4.79 Å². The van der Waals surface area contributed by atoms with Crippen LogP contribution in [-0.2, 0) is 4.79 Å². The van der Waals surface area contributed by atoms with Crippen molar-refractivity contribution in [2.24, 2.45) is 11.8 Å². The van der Waals surface area contributed by atoms with Gasteiger partial charge in [-0.05, 0) is 25.2 Å². The van der Waals surface area contributed by atoms with Crippen molar-refractivity contribution in [1.29, 1.82) is 0 Å². The Labute approximate surface area is 73.0 Å². The summed E-state index contributed by atoms with van der Waals surface area (Å²) < 4.78 is 0. The Hall–Kier alpha value is -0.790. The molecule has 0 aromatic rings.